The first-order chi connectivity index (χ1) is 14.4. The number of ether oxygens (including phenoxy) is 1. The maximum Gasteiger partial charge on any atom is 0.196 e. The van der Waals surface area contributed by atoms with E-state index in [0.29, 0.717) is 28.3 Å². The summed E-state index contributed by atoms with van der Waals surface area (Å²) < 4.78 is 46.9. The fraction of sp³-hybridized carbons (Fsp3) is 0.333. The van der Waals surface area contributed by atoms with Crippen molar-refractivity contribution in [3.05, 3.63) is 48.0 Å². The van der Waals surface area contributed by atoms with Crippen LogP contribution >= 0.6 is 0 Å². The molecule has 1 aliphatic heterocycles. The standard InChI is InChI=1S/C21H22F3N5O/c1-11(12-4-6-26-7-5-12)30-18-9-17-13(8-15(18)25)21(28-10-27-17)29-16-3-2-14(22)19(23)20(16)24/h2-3,8-12,26H,4-7,25H2,1H3,(H,27,28,29). The molecule has 2 heterocycles. The maximum atomic E-state index is 14.0. The predicted octanol–water partition coefficient (Wildman–Crippen LogP) is 4.14. The molecule has 30 heavy (non-hydrogen) atoms. The molecule has 0 radical (unpaired) electrons. The lowest BCUT2D eigenvalue weighted by atomic mass is 9.93. The van der Waals surface area contributed by atoms with Gasteiger partial charge in [0.15, 0.2) is 17.5 Å². The summed E-state index contributed by atoms with van der Waals surface area (Å²) in [5, 5.41) is 6.52. The third-order valence-electron chi connectivity index (χ3n) is 5.42. The zero-order valence-corrected chi connectivity index (χ0v) is 16.4. The number of aromatic nitrogens is 2. The van der Waals surface area contributed by atoms with Crippen molar-refractivity contribution in [2.75, 3.05) is 24.1 Å². The molecule has 4 N–H and O–H groups in total. The molecule has 1 aliphatic rings. The van der Waals surface area contributed by atoms with Crippen LogP contribution in [0, 0.1) is 23.4 Å². The summed E-state index contributed by atoms with van der Waals surface area (Å²) in [7, 11) is 0. The molecule has 158 valence electrons. The van der Waals surface area contributed by atoms with Crippen LogP contribution in [0.15, 0.2) is 30.6 Å². The molecule has 1 unspecified atom stereocenters. The summed E-state index contributed by atoms with van der Waals surface area (Å²) >= 11 is 0. The van der Waals surface area contributed by atoms with Gasteiger partial charge < -0.3 is 21.1 Å². The Kier molecular flexibility index (Phi) is 5.63. The van der Waals surface area contributed by atoms with Crippen LogP contribution in [0.5, 0.6) is 5.75 Å². The number of fused-ring (bicyclic) bond motifs is 1. The van der Waals surface area contributed by atoms with Gasteiger partial charge in [-0.05, 0) is 57.0 Å². The molecule has 0 aliphatic carbocycles. The fourth-order valence-corrected chi connectivity index (χ4v) is 3.66. The van der Waals surface area contributed by atoms with E-state index in [-0.39, 0.29) is 17.6 Å². The Hall–Kier alpha value is -3.07. The number of benzene rings is 2. The topological polar surface area (TPSA) is 85.1 Å². The Labute approximate surface area is 171 Å². The number of hydrogen-bond donors (Lipinski definition) is 3. The molecule has 0 bridgehead atoms. The van der Waals surface area contributed by atoms with Crippen LogP contribution in [-0.2, 0) is 0 Å². The molecule has 3 aromatic rings. The van der Waals surface area contributed by atoms with E-state index in [2.05, 4.69) is 20.6 Å². The van der Waals surface area contributed by atoms with Crippen LogP contribution in [0.25, 0.3) is 10.9 Å². The third kappa shape index (κ3) is 3.97. The second kappa shape index (κ2) is 8.35. The number of halogens is 3. The molecule has 4 rings (SSSR count). The van der Waals surface area contributed by atoms with Crippen molar-refractivity contribution in [1.82, 2.24) is 15.3 Å². The number of nitrogens with one attached hydrogen (secondary N) is 2. The summed E-state index contributed by atoms with van der Waals surface area (Å²) in [6.45, 7) is 3.96. The molecule has 1 aromatic heterocycles. The van der Waals surface area contributed by atoms with Crippen molar-refractivity contribution in [2.45, 2.75) is 25.9 Å². The lowest BCUT2D eigenvalue weighted by molar-refractivity contribution is 0.129. The molecule has 9 heteroatoms. The predicted molar refractivity (Wildman–Crippen MR) is 109 cm³/mol. The zero-order valence-electron chi connectivity index (χ0n) is 16.4. The van der Waals surface area contributed by atoms with Gasteiger partial charge in [-0.2, -0.15) is 0 Å². The molecule has 1 fully saturated rings. The van der Waals surface area contributed by atoms with Crippen LogP contribution in [0.4, 0.5) is 30.4 Å². The van der Waals surface area contributed by atoms with Crippen molar-refractivity contribution >= 4 is 28.1 Å². The fourth-order valence-electron chi connectivity index (χ4n) is 3.66. The third-order valence-corrected chi connectivity index (χ3v) is 5.42. The van der Waals surface area contributed by atoms with E-state index in [9.17, 15) is 13.2 Å². The second-order valence-corrected chi connectivity index (χ2v) is 7.39. The van der Waals surface area contributed by atoms with Crippen LogP contribution in [-0.4, -0.2) is 29.2 Å². The van der Waals surface area contributed by atoms with E-state index in [0.717, 1.165) is 38.1 Å². The van der Waals surface area contributed by atoms with Crippen molar-refractivity contribution < 1.29 is 17.9 Å². The monoisotopic (exact) mass is 417 g/mol. The van der Waals surface area contributed by atoms with E-state index < -0.39 is 17.5 Å². The number of rotatable bonds is 5. The van der Waals surface area contributed by atoms with Crippen LogP contribution < -0.4 is 21.1 Å². The van der Waals surface area contributed by atoms with Crippen LogP contribution in [0.3, 0.4) is 0 Å². The molecular formula is C21H22F3N5O. The molecule has 0 saturated carbocycles. The summed E-state index contributed by atoms with van der Waals surface area (Å²) in [6, 6.07) is 5.27. The van der Waals surface area contributed by atoms with E-state index in [1.807, 2.05) is 6.92 Å². The van der Waals surface area contributed by atoms with Gasteiger partial charge in [-0.25, -0.2) is 23.1 Å². The van der Waals surface area contributed by atoms with Crippen LogP contribution in [0.2, 0.25) is 0 Å². The average molecular weight is 417 g/mol. The molecule has 2 aromatic carbocycles. The highest BCUT2D eigenvalue weighted by atomic mass is 19.2. The van der Waals surface area contributed by atoms with Gasteiger partial charge in [0, 0.05) is 11.5 Å². The molecule has 1 saturated heterocycles. The number of hydrogen-bond acceptors (Lipinski definition) is 6. The van der Waals surface area contributed by atoms with Crippen molar-refractivity contribution in [3.8, 4) is 5.75 Å². The van der Waals surface area contributed by atoms with Gasteiger partial charge in [0.2, 0.25) is 0 Å². The molecule has 6 nitrogen and oxygen atoms in total. The Morgan fingerprint density at radius 1 is 1.13 bits per heavy atom. The SMILES string of the molecule is CC(Oc1cc2ncnc(Nc3ccc(F)c(F)c3F)c2cc1N)C1CCNCC1. The lowest BCUT2D eigenvalue weighted by Crippen LogP contribution is -2.35. The van der Waals surface area contributed by atoms with E-state index in [1.165, 1.54) is 6.33 Å². The Balaban J connectivity index is 1.62. The normalized spacial score (nSPS) is 15.9. The lowest BCUT2D eigenvalue weighted by Gasteiger charge is -2.29. The number of anilines is 3. The number of nitrogens with zero attached hydrogens (tertiary/aromatic N) is 2. The van der Waals surface area contributed by atoms with Gasteiger partial charge in [-0.15, -0.1) is 0 Å². The summed E-state index contributed by atoms with van der Waals surface area (Å²) in [4.78, 5) is 8.33. The highest BCUT2D eigenvalue weighted by Gasteiger charge is 2.22. The number of nitrogens with two attached hydrogens (primary N) is 1. The Morgan fingerprint density at radius 2 is 1.90 bits per heavy atom. The maximum absolute atomic E-state index is 14.0. The molecule has 0 amide bonds. The van der Waals surface area contributed by atoms with Crippen molar-refractivity contribution in [3.63, 3.8) is 0 Å². The van der Waals surface area contributed by atoms with Gasteiger partial charge in [0.25, 0.3) is 0 Å². The number of nitrogen functional groups attached to an aromatic ring is 1. The summed E-state index contributed by atoms with van der Waals surface area (Å²) in [5.41, 5.74) is 6.86. The zero-order chi connectivity index (χ0) is 21.3. The molecule has 0 spiro atoms. The first-order valence-electron chi connectivity index (χ1n) is 9.76. The highest BCUT2D eigenvalue weighted by Crippen LogP contribution is 2.34. The van der Waals surface area contributed by atoms with Gasteiger partial charge in [-0.1, -0.05) is 0 Å². The van der Waals surface area contributed by atoms with Gasteiger partial charge in [-0.3, -0.25) is 0 Å². The minimum atomic E-state index is -1.56. The first kappa shape index (κ1) is 20.2. The summed E-state index contributed by atoms with van der Waals surface area (Å²) in [6.07, 6.45) is 3.34. The highest BCUT2D eigenvalue weighted by molar-refractivity contribution is 5.94. The first-order valence-corrected chi connectivity index (χ1v) is 9.76. The quantitative estimate of drug-likeness (QED) is 0.427. The smallest absolute Gasteiger partial charge is 0.196 e. The largest absolute Gasteiger partial charge is 0.488 e. The second-order valence-electron chi connectivity index (χ2n) is 7.39. The van der Waals surface area contributed by atoms with Gasteiger partial charge in [0.1, 0.15) is 17.9 Å². The van der Waals surface area contributed by atoms with Gasteiger partial charge in [0.05, 0.1) is 23.0 Å². The Bertz CT molecular complexity index is 1070. The summed E-state index contributed by atoms with van der Waals surface area (Å²) in [5.74, 6) is -2.99. The minimum absolute atomic E-state index is 0.0115. The van der Waals surface area contributed by atoms with E-state index in [4.69, 9.17) is 10.5 Å². The minimum Gasteiger partial charge on any atom is -0.488 e. The molecular weight excluding hydrogens is 395 g/mol. The average Bonchev–Trinajstić information content (AvgIpc) is 2.75. The van der Waals surface area contributed by atoms with Crippen molar-refractivity contribution in [2.24, 2.45) is 5.92 Å². The van der Waals surface area contributed by atoms with Gasteiger partial charge >= 0.3 is 0 Å². The van der Waals surface area contributed by atoms with E-state index >= 15 is 0 Å². The Morgan fingerprint density at radius 3 is 2.67 bits per heavy atom. The molecule has 1 atom stereocenters. The number of piperidine rings is 1. The van der Waals surface area contributed by atoms with Crippen LogP contribution in [0.1, 0.15) is 19.8 Å². The van der Waals surface area contributed by atoms with Crippen molar-refractivity contribution in [1.29, 1.82) is 0 Å². The van der Waals surface area contributed by atoms with E-state index in [1.54, 1.807) is 12.1 Å².